The van der Waals surface area contributed by atoms with E-state index in [4.69, 9.17) is 18.9 Å². The van der Waals surface area contributed by atoms with Gasteiger partial charge in [0.15, 0.2) is 12.4 Å². The van der Waals surface area contributed by atoms with Crippen molar-refractivity contribution in [2.24, 2.45) is 51.8 Å². The zero-order chi connectivity index (χ0) is 27.4. The molecule has 0 aromatic rings. The van der Waals surface area contributed by atoms with Gasteiger partial charge in [0.2, 0.25) is 0 Å². The first-order chi connectivity index (χ1) is 17.9. The Kier molecular flexibility index (Phi) is 6.00. The second kappa shape index (κ2) is 8.61. The third-order valence-corrected chi connectivity index (χ3v) is 11.3. The Morgan fingerprint density at radius 1 is 1.13 bits per heavy atom. The van der Waals surface area contributed by atoms with Gasteiger partial charge in [-0.3, -0.25) is 9.59 Å². The highest BCUT2D eigenvalue weighted by molar-refractivity contribution is 5.90. The van der Waals surface area contributed by atoms with Crippen molar-refractivity contribution in [2.45, 2.75) is 97.9 Å². The van der Waals surface area contributed by atoms with E-state index in [1.54, 1.807) is 13.8 Å². The fourth-order valence-corrected chi connectivity index (χ4v) is 9.69. The van der Waals surface area contributed by atoms with Crippen LogP contribution in [0.25, 0.3) is 0 Å². The summed E-state index contributed by atoms with van der Waals surface area (Å²) in [5.41, 5.74) is -2.00. The summed E-state index contributed by atoms with van der Waals surface area (Å²) < 4.78 is 24.3. The van der Waals surface area contributed by atoms with Crippen LogP contribution >= 0.6 is 0 Å². The molecule has 0 radical (unpaired) electrons. The number of esters is 1. The summed E-state index contributed by atoms with van der Waals surface area (Å²) in [7, 11) is 0. The van der Waals surface area contributed by atoms with E-state index in [0.29, 0.717) is 18.3 Å². The van der Waals surface area contributed by atoms with E-state index in [-0.39, 0.29) is 48.5 Å². The van der Waals surface area contributed by atoms with Gasteiger partial charge >= 0.3 is 11.9 Å². The molecule has 12 atom stereocenters. The summed E-state index contributed by atoms with van der Waals surface area (Å²) in [5, 5.41) is 11.1. The van der Waals surface area contributed by atoms with Crippen LogP contribution in [-0.4, -0.2) is 60.6 Å². The number of carbonyl (C=O) groups excluding carboxylic acids is 2. The number of epoxide rings is 1. The number of hydrogen-bond acceptors (Lipinski definition) is 7. The molecule has 0 spiro atoms. The van der Waals surface area contributed by atoms with Crippen molar-refractivity contribution in [2.75, 3.05) is 6.61 Å². The summed E-state index contributed by atoms with van der Waals surface area (Å²) in [4.78, 5) is 38.9. The van der Waals surface area contributed by atoms with Gasteiger partial charge in [-0.05, 0) is 55.8 Å². The lowest BCUT2D eigenvalue weighted by Crippen LogP contribution is -2.64. The molecule has 3 saturated carbocycles. The van der Waals surface area contributed by atoms with Crippen molar-refractivity contribution in [1.82, 2.24) is 0 Å². The Bertz CT molecular complexity index is 1060. The van der Waals surface area contributed by atoms with Gasteiger partial charge in [0.25, 0.3) is 0 Å². The van der Waals surface area contributed by atoms with Crippen molar-refractivity contribution < 1.29 is 38.4 Å². The first-order valence-corrected chi connectivity index (χ1v) is 14.5. The normalized spacial score (nSPS) is 50.0. The van der Waals surface area contributed by atoms with Crippen LogP contribution < -0.4 is 0 Å². The van der Waals surface area contributed by atoms with Crippen molar-refractivity contribution in [3.63, 3.8) is 0 Å². The van der Waals surface area contributed by atoms with Gasteiger partial charge < -0.3 is 28.8 Å². The number of carboxylic acids is 1. The molecule has 38 heavy (non-hydrogen) atoms. The molecule has 7 unspecified atom stereocenters. The molecular formula is C30H42O8. The SMILES string of the molecule is CC(C)C(=O)O[C@H]1[C@@H]2O[C@@H]2[C@H](OCC23CC4C(C)CCC4C4(C=O)CC2C=C(C(C)C)C43C(=O)O)O[C@@H]1C. The molecule has 0 amide bonds. The highest BCUT2D eigenvalue weighted by Gasteiger charge is 2.84. The monoisotopic (exact) mass is 530 g/mol. The first-order valence-electron chi connectivity index (χ1n) is 14.5. The van der Waals surface area contributed by atoms with Crippen LogP contribution in [0.2, 0.25) is 0 Å². The standard InChI is InChI=1S/C30H42O8/c1-14(2)21-9-18-10-28(12-31)20-8-7-16(5)19(20)11-29(18,30(21,28)27(33)34)13-35-26-24-23(37-24)22(17(6)36-26)38-25(32)15(3)4/h9,12,14-20,22-24,26H,7-8,10-11,13H2,1-6H3,(H,33,34)/t16?,17-,18?,19?,20?,22-,23+,24+,26-,28?,29?,30?/m1/s1. The second-order valence-corrected chi connectivity index (χ2v) is 13.6. The number of rotatable bonds is 8. The maximum atomic E-state index is 13.6. The Hall–Kier alpha value is -1.77. The molecule has 4 aliphatic carbocycles. The van der Waals surface area contributed by atoms with Gasteiger partial charge in [0.1, 0.15) is 23.9 Å². The topological polar surface area (TPSA) is 112 Å². The van der Waals surface area contributed by atoms with Crippen LogP contribution in [0, 0.1) is 51.8 Å². The summed E-state index contributed by atoms with van der Waals surface area (Å²) in [6.07, 6.45) is 4.24. The van der Waals surface area contributed by atoms with Gasteiger partial charge in [0.05, 0.1) is 24.0 Å². The molecule has 0 aromatic heterocycles. The smallest absolute Gasteiger partial charge is 0.315 e. The fourth-order valence-electron chi connectivity index (χ4n) is 9.69. The average molecular weight is 531 g/mol. The van der Waals surface area contributed by atoms with Crippen LogP contribution in [0.15, 0.2) is 11.6 Å². The number of allylic oxidation sites excluding steroid dienone is 1. The average Bonchev–Trinajstić information content (AvgIpc) is 3.46. The van der Waals surface area contributed by atoms with Crippen LogP contribution in [0.3, 0.4) is 0 Å². The number of aliphatic carboxylic acids is 1. The van der Waals surface area contributed by atoms with Gasteiger partial charge in [0, 0.05) is 5.41 Å². The van der Waals surface area contributed by atoms with E-state index in [2.05, 4.69) is 13.0 Å². The second-order valence-electron chi connectivity index (χ2n) is 13.6. The number of aldehydes is 1. The van der Waals surface area contributed by atoms with Crippen LogP contribution in [-0.2, 0) is 33.3 Å². The summed E-state index contributed by atoms with van der Waals surface area (Å²) in [6, 6.07) is 0. The van der Waals surface area contributed by atoms with Crippen LogP contribution in [0.4, 0.5) is 0 Å². The van der Waals surface area contributed by atoms with Gasteiger partial charge in [-0.1, -0.05) is 52.7 Å². The molecule has 2 aliphatic heterocycles. The lowest BCUT2D eigenvalue weighted by molar-refractivity contribution is -0.239. The molecular weight excluding hydrogens is 488 g/mol. The zero-order valence-corrected chi connectivity index (χ0v) is 23.3. The Balaban J connectivity index is 1.31. The lowest BCUT2D eigenvalue weighted by atomic mass is 9.43. The van der Waals surface area contributed by atoms with E-state index in [1.807, 2.05) is 20.8 Å². The number of hydrogen-bond donors (Lipinski definition) is 1. The molecule has 5 fully saturated rings. The van der Waals surface area contributed by atoms with Crippen molar-refractivity contribution in [3.8, 4) is 0 Å². The number of fused-ring (bicyclic) bond motifs is 3. The summed E-state index contributed by atoms with van der Waals surface area (Å²) in [5.74, 6) is -0.592. The predicted molar refractivity (Wildman–Crippen MR) is 136 cm³/mol. The van der Waals surface area contributed by atoms with E-state index in [0.717, 1.165) is 31.1 Å². The molecule has 6 rings (SSSR count). The minimum Gasteiger partial charge on any atom is -0.481 e. The molecule has 0 aromatic carbocycles. The number of carboxylic acid groups (broad SMARTS) is 1. The largest absolute Gasteiger partial charge is 0.481 e. The van der Waals surface area contributed by atoms with E-state index in [9.17, 15) is 19.5 Å². The van der Waals surface area contributed by atoms with Gasteiger partial charge in [-0.25, -0.2) is 0 Å². The summed E-state index contributed by atoms with van der Waals surface area (Å²) >= 11 is 0. The summed E-state index contributed by atoms with van der Waals surface area (Å²) in [6.45, 7) is 12.0. The molecule has 210 valence electrons. The molecule has 2 saturated heterocycles. The maximum absolute atomic E-state index is 13.6. The third-order valence-electron chi connectivity index (χ3n) is 11.3. The third kappa shape index (κ3) is 3.11. The van der Waals surface area contributed by atoms with Gasteiger partial charge in [-0.2, -0.15) is 0 Å². The number of ether oxygens (including phenoxy) is 4. The zero-order valence-electron chi connectivity index (χ0n) is 23.3. The molecule has 1 N–H and O–H groups in total. The van der Waals surface area contributed by atoms with Crippen molar-refractivity contribution >= 4 is 18.2 Å². The Labute approximate surface area is 224 Å². The maximum Gasteiger partial charge on any atom is 0.315 e. The predicted octanol–water partition coefficient (Wildman–Crippen LogP) is 4.01. The van der Waals surface area contributed by atoms with E-state index >= 15 is 0 Å². The van der Waals surface area contributed by atoms with Crippen LogP contribution in [0.5, 0.6) is 0 Å². The highest BCUT2D eigenvalue weighted by Crippen LogP contribution is 2.82. The molecule has 8 nitrogen and oxygen atoms in total. The highest BCUT2D eigenvalue weighted by atomic mass is 16.8. The Morgan fingerprint density at radius 3 is 2.50 bits per heavy atom. The van der Waals surface area contributed by atoms with Crippen molar-refractivity contribution in [1.29, 1.82) is 0 Å². The first kappa shape index (κ1) is 26.5. The quantitative estimate of drug-likeness (QED) is 0.217. The lowest BCUT2D eigenvalue weighted by Gasteiger charge is -2.58. The number of carbonyl (C=O) groups is 3. The van der Waals surface area contributed by atoms with E-state index < -0.39 is 40.7 Å². The molecule has 2 heterocycles. The fraction of sp³-hybridized carbons (Fsp3) is 0.833. The minimum atomic E-state index is -1.27. The molecule has 8 heteroatoms. The Morgan fingerprint density at radius 2 is 1.87 bits per heavy atom. The minimum absolute atomic E-state index is 0.0176. The van der Waals surface area contributed by atoms with Gasteiger partial charge in [-0.15, -0.1) is 0 Å². The molecule has 4 bridgehead atoms. The van der Waals surface area contributed by atoms with E-state index in [1.165, 1.54) is 0 Å². The van der Waals surface area contributed by atoms with Crippen LogP contribution in [0.1, 0.15) is 67.2 Å². The van der Waals surface area contributed by atoms with Crippen molar-refractivity contribution in [3.05, 3.63) is 11.6 Å². The molecule has 6 aliphatic rings.